The van der Waals surface area contributed by atoms with Crippen molar-refractivity contribution in [2.75, 3.05) is 7.11 Å². The normalized spacial score (nSPS) is 10.5. The van der Waals surface area contributed by atoms with Crippen molar-refractivity contribution in [2.45, 2.75) is 26.5 Å². The number of rotatable bonds is 7. The molecule has 2 aromatic rings. The second-order valence-corrected chi connectivity index (χ2v) is 5.89. The fraction of sp³-hybridized carbons (Fsp3) is 0.333. The number of nitro groups is 1. The maximum absolute atomic E-state index is 12.2. The lowest BCUT2D eigenvalue weighted by atomic mass is 10.1. The van der Waals surface area contributed by atoms with E-state index in [1.807, 2.05) is 5.38 Å². The van der Waals surface area contributed by atoms with E-state index in [1.54, 1.807) is 19.4 Å². The van der Waals surface area contributed by atoms with Crippen LogP contribution >= 0.6 is 11.3 Å². The first-order chi connectivity index (χ1) is 11.4. The lowest BCUT2D eigenvalue weighted by Gasteiger charge is -2.13. The fourth-order valence-electron chi connectivity index (χ4n) is 1.95. The quantitative estimate of drug-likeness (QED) is 0.608. The molecule has 2 rings (SSSR count). The van der Waals surface area contributed by atoms with Crippen molar-refractivity contribution >= 4 is 22.9 Å². The zero-order valence-corrected chi connectivity index (χ0v) is 14.3. The number of amides is 1. The van der Waals surface area contributed by atoms with Crippen LogP contribution < -0.4 is 14.8 Å². The number of ether oxygens (including phenoxy) is 2. The molecule has 0 unspecified atom stereocenters. The summed E-state index contributed by atoms with van der Waals surface area (Å²) >= 11 is 1.42. The largest absolute Gasteiger partial charge is 0.493 e. The van der Waals surface area contributed by atoms with Gasteiger partial charge < -0.3 is 14.8 Å². The highest BCUT2D eigenvalue weighted by atomic mass is 32.1. The molecule has 0 saturated heterocycles. The van der Waals surface area contributed by atoms with E-state index in [0.29, 0.717) is 5.69 Å². The van der Waals surface area contributed by atoms with Crippen LogP contribution in [-0.2, 0) is 6.61 Å². The van der Waals surface area contributed by atoms with E-state index >= 15 is 0 Å². The first-order valence-electron chi connectivity index (χ1n) is 7.09. The third-order valence-corrected chi connectivity index (χ3v) is 3.64. The Morgan fingerprint density at radius 3 is 2.71 bits per heavy atom. The minimum absolute atomic E-state index is 0.0773. The maximum atomic E-state index is 12.2. The number of carbonyl (C=O) groups excluding carboxylic acids is 1. The SMILES string of the molecule is COc1cc(C(=O)NC(C)C)c([N+](=O)[O-])cc1OCc1cscn1. The van der Waals surface area contributed by atoms with Crippen LogP contribution in [0.1, 0.15) is 29.9 Å². The number of nitrogens with zero attached hydrogens (tertiary/aromatic N) is 2. The highest BCUT2D eigenvalue weighted by Gasteiger charge is 2.25. The predicted octanol–water partition coefficient (Wildman–Crippen LogP) is 2.78. The molecule has 1 N–H and O–H groups in total. The summed E-state index contributed by atoms with van der Waals surface area (Å²) in [5.41, 5.74) is 1.94. The average Bonchev–Trinajstić information content (AvgIpc) is 3.04. The lowest BCUT2D eigenvalue weighted by Crippen LogP contribution is -2.30. The van der Waals surface area contributed by atoms with E-state index in [-0.39, 0.29) is 35.4 Å². The summed E-state index contributed by atoms with van der Waals surface area (Å²) in [6.07, 6.45) is 0. The average molecular weight is 351 g/mol. The van der Waals surface area contributed by atoms with E-state index in [2.05, 4.69) is 10.3 Å². The molecule has 0 bridgehead atoms. The molecule has 1 amide bonds. The van der Waals surface area contributed by atoms with Gasteiger partial charge in [0, 0.05) is 17.5 Å². The van der Waals surface area contributed by atoms with Gasteiger partial charge >= 0.3 is 0 Å². The van der Waals surface area contributed by atoms with Crippen LogP contribution in [0.15, 0.2) is 23.0 Å². The molecule has 8 nitrogen and oxygen atoms in total. The smallest absolute Gasteiger partial charge is 0.286 e. The Morgan fingerprint density at radius 1 is 1.42 bits per heavy atom. The molecule has 0 fully saturated rings. The molecular formula is C15H17N3O5S. The first-order valence-corrected chi connectivity index (χ1v) is 8.03. The van der Waals surface area contributed by atoms with Crippen molar-refractivity contribution in [3.05, 3.63) is 44.4 Å². The van der Waals surface area contributed by atoms with Crippen molar-refractivity contribution in [1.82, 2.24) is 10.3 Å². The molecule has 9 heteroatoms. The maximum Gasteiger partial charge on any atom is 0.286 e. The zero-order valence-electron chi connectivity index (χ0n) is 13.4. The van der Waals surface area contributed by atoms with E-state index in [9.17, 15) is 14.9 Å². The Hall–Kier alpha value is -2.68. The summed E-state index contributed by atoms with van der Waals surface area (Å²) in [6, 6.07) is 2.36. The summed E-state index contributed by atoms with van der Waals surface area (Å²) in [6.45, 7) is 3.69. The Bertz CT molecular complexity index is 731. The fourth-order valence-corrected chi connectivity index (χ4v) is 2.50. The molecule has 1 heterocycles. The van der Waals surface area contributed by atoms with Crippen molar-refractivity contribution in [1.29, 1.82) is 0 Å². The molecule has 0 atom stereocenters. The highest BCUT2D eigenvalue weighted by molar-refractivity contribution is 7.07. The molecule has 128 valence electrons. The summed E-state index contributed by atoms with van der Waals surface area (Å²) in [5.74, 6) is -0.121. The van der Waals surface area contributed by atoms with Crippen molar-refractivity contribution < 1.29 is 19.2 Å². The molecule has 1 aromatic heterocycles. The van der Waals surface area contributed by atoms with Gasteiger partial charge in [-0.3, -0.25) is 14.9 Å². The second kappa shape index (κ2) is 7.73. The first kappa shape index (κ1) is 17.7. The third kappa shape index (κ3) is 4.19. The minimum atomic E-state index is -0.621. The van der Waals surface area contributed by atoms with Crippen molar-refractivity contribution in [2.24, 2.45) is 0 Å². The Kier molecular flexibility index (Phi) is 5.69. The van der Waals surface area contributed by atoms with Crippen LogP contribution in [0.2, 0.25) is 0 Å². The molecule has 0 spiro atoms. The van der Waals surface area contributed by atoms with Crippen LogP contribution in [-0.4, -0.2) is 29.0 Å². The Labute approximate surface area is 142 Å². The molecule has 0 aliphatic heterocycles. The van der Waals surface area contributed by atoms with Gasteiger partial charge in [-0.25, -0.2) is 4.98 Å². The second-order valence-electron chi connectivity index (χ2n) is 5.17. The number of benzene rings is 1. The molecule has 0 saturated carbocycles. The topological polar surface area (TPSA) is 104 Å². The molecular weight excluding hydrogens is 334 g/mol. The number of hydrogen-bond acceptors (Lipinski definition) is 7. The van der Waals surface area contributed by atoms with Crippen LogP contribution in [0, 0.1) is 10.1 Å². The third-order valence-electron chi connectivity index (χ3n) is 3.00. The van der Waals surface area contributed by atoms with Gasteiger partial charge in [0.05, 0.1) is 29.3 Å². The molecule has 0 aliphatic carbocycles. The van der Waals surface area contributed by atoms with Gasteiger partial charge in [-0.2, -0.15) is 0 Å². The highest BCUT2D eigenvalue weighted by Crippen LogP contribution is 2.35. The van der Waals surface area contributed by atoms with Gasteiger partial charge in [0.2, 0.25) is 0 Å². The van der Waals surface area contributed by atoms with Gasteiger partial charge in [0.25, 0.3) is 11.6 Å². The van der Waals surface area contributed by atoms with E-state index < -0.39 is 10.8 Å². The van der Waals surface area contributed by atoms with Crippen LogP contribution in [0.3, 0.4) is 0 Å². The number of hydrogen-bond donors (Lipinski definition) is 1. The summed E-state index contributed by atoms with van der Waals surface area (Å²) in [7, 11) is 1.40. The minimum Gasteiger partial charge on any atom is -0.493 e. The zero-order chi connectivity index (χ0) is 17.7. The van der Waals surface area contributed by atoms with Gasteiger partial charge in [-0.05, 0) is 13.8 Å². The lowest BCUT2D eigenvalue weighted by molar-refractivity contribution is -0.385. The van der Waals surface area contributed by atoms with Gasteiger partial charge in [0.1, 0.15) is 12.2 Å². The Morgan fingerprint density at radius 2 is 2.17 bits per heavy atom. The van der Waals surface area contributed by atoms with E-state index in [0.717, 1.165) is 0 Å². The standard InChI is InChI=1S/C15H17N3O5S/c1-9(2)17-15(19)11-4-13(22-3)14(5-12(11)18(20)21)23-6-10-7-24-8-16-10/h4-5,7-9H,6H2,1-3H3,(H,17,19). The summed E-state index contributed by atoms with van der Waals surface area (Å²) in [4.78, 5) is 27.0. The molecule has 24 heavy (non-hydrogen) atoms. The number of carbonyl (C=O) groups is 1. The predicted molar refractivity (Wildman–Crippen MR) is 88.7 cm³/mol. The number of nitro benzene ring substituents is 1. The summed E-state index contributed by atoms with van der Waals surface area (Å²) in [5, 5.41) is 15.8. The number of methoxy groups -OCH3 is 1. The van der Waals surface area contributed by atoms with Gasteiger partial charge in [0.15, 0.2) is 11.5 Å². The number of nitrogens with one attached hydrogen (secondary N) is 1. The monoisotopic (exact) mass is 351 g/mol. The molecule has 0 radical (unpaired) electrons. The van der Waals surface area contributed by atoms with E-state index in [1.165, 1.54) is 30.6 Å². The van der Waals surface area contributed by atoms with Crippen molar-refractivity contribution in [3.8, 4) is 11.5 Å². The number of aromatic nitrogens is 1. The number of thiazole rings is 1. The Balaban J connectivity index is 2.36. The summed E-state index contributed by atoms with van der Waals surface area (Å²) < 4.78 is 10.8. The van der Waals surface area contributed by atoms with Crippen LogP contribution in [0.5, 0.6) is 11.5 Å². The van der Waals surface area contributed by atoms with Crippen LogP contribution in [0.4, 0.5) is 5.69 Å². The van der Waals surface area contributed by atoms with E-state index in [4.69, 9.17) is 9.47 Å². The van der Waals surface area contributed by atoms with Crippen molar-refractivity contribution in [3.63, 3.8) is 0 Å². The van der Waals surface area contributed by atoms with Crippen LogP contribution in [0.25, 0.3) is 0 Å². The van der Waals surface area contributed by atoms with Gasteiger partial charge in [-0.1, -0.05) is 0 Å². The molecule has 0 aliphatic rings. The van der Waals surface area contributed by atoms with Gasteiger partial charge in [-0.15, -0.1) is 11.3 Å². The molecule has 1 aromatic carbocycles.